The molecule has 0 saturated carbocycles. The monoisotopic (exact) mass is 463 g/mol. The Balaban J connectivity index is 1.33. The smallest absolute Gasteiger partial charge is 0.262 e. The highest BCUT2D eigenvalue weighted by molar-refractivity contribution is 5.92. The molecule has 0 bridgehead atoms. The summed E-state index contributed by atoms with van der Waals surface area (Å²) in [5.74, 6) is 0.320. The fourth-order valence-corrected chi connectivity index (χ4v) is 3.74. The van der Waals surface area contributed by atoms with Crippen LogP contribution in [0.3, 0.4) is 0 Å². The number of hydrogen-bond acceptors (Lipinski definition) is 3. The van der Waals surface area contributed by atoms with Gasteiger partial charge in [-0.25, -0.2) is 9.37 Å². The standard InChI is InChI=1S/C29H22FN3O2/c30-24-13-7-8-14-25(24)31-26(34)19-35-23-17-15-22(16-18-23)29-32-27(20-9-3-1-4-10-20)28(33-29)21-11-5-2-6-12-21/h1-18H,19H2,(H,31,34)(H,32,33). The average Bonchev–Trinajstić information content (AvgIpc) is 3.36. The highest BCUT2D eigenvalue weighted by atomic mass is 19.1. The Hall–Kier alpha value is -4.71. The Morgan fingerprint density at radius 1 is 0.771 bits per heavy atom. The molecule has 1 heterocycles. The van der Waals surface area contributed by atoms with Crippen molar-refractivity contribution < 1.29 is 13.9 Å². The predicted octanol–water partition coefficient (Wildman–Crippen LogP) is 6.57. The van der Waals surface area contributed by atoms with Crippen molar-refractivity contribution in [2.24, 2.45) is 0 Å². The lowest BCUT2D eigenvalue weighted by atomic mass is 10.1. The third kappa shape index (κ3) is 5.12. The zero-order valence-corrected chi connectivity index (χ0v) is 18.7. The SMILES string of the molecule is O=C(COc1ccc(-c2nc(-c3ccccc3)c(-c3ccccc3)[nH]2)cc1)Nc1ccccc1F. The van der Waals surface area contributed by atoms with Crippen LogP contribution in [-0.4, -0.2) is 22.5 Å². The first-order valence-electron chi connectivity index (χ1n) is 11.2. The summed E-state index contributed by atoms with van der Waals surface area (Å²) in [6, 6.07) is 33.4. The number of aromatic amines is 1. The Labute approximate surface area is 202 Å². The van der Waals surface area contributed by atoms with Crippen molar-refractivity contribution in [3.8, 4) is 39.7 Å². The van der Waals surface area contributed by atoms with E-state index in [0.717, 1.165) is 33.9 Å². The number of ether oxygens (including phenoxy) is 1. The van der Waals surface area contributed by atoms with Crippen molar-refractivity contribution in [3.05, 3.63) is 115 Å². The molecule has 0 fully saturated rings. The number of H-pyrrole nitrogens is 1. The summed E-state index contributed by atoms with van der Waals surface area (Å²) in [4.78, 5) is 20.5. The van der Waals surface area contributed by atoms with Crippen molar-refractivity contribution >= 4 is 11.6 Å². The second-order valence-electron chi connectivity index (χ2n) is 7.88. The molecule has 172 valence electrons. The van der Waals surface area contributed by atoms with Crippen LogP contribution in [0.5, 0.6) is 5.75 Å². The van der Waals surface area contributed by atoms with E-state index in [-0.39, 0.29) is 12.3 Å². The average molecular weight is 464 g/mol. The number of amides is 1. The van der Waals surface area contributed by atoms with Crippen LogP contribution in [0.1, 0.15) is 0 Å². The Morgan fingerprint density at radius 3 is 2.09 bits per heavy atom. The number of carbonyl (C=O) groups excluding carboxylic acids is 1. The molecule has 1 aromatic heterocycles. The number of aromatic nitrogens is 2. The van der Waals surface area contributed by atoms with Gasteiger partial charge in [-0.05, 0) is 36.4 Å². The molecule has 5 nitrogen and oxygen atoms in total. The Morgan fingerprint density at radius 2 is 1.40 bits per heavy atom. The van der Waals surface area contributed by atoms with Crippen LogP contribution >= 0.6 is 0 Å². The molecule has 2 N–H and O–H groups in total. The van der Waals surface area contributed by atoms with E-state index >= 15 is 0 Å². The predicted molar refractivity (Wildman–Crippen MR) is 135 cm³/mol. The van der Waals surface area contributed by atoms with Crippen molar-refractivity contribution in [2.75, 3.05) is 11.9 Å². The number of benzene rings is 4. The zero-order valence-electron chi connectivity index (χ0n) is 18.7. The minimum atomic E-state index is -0.492. The summed E-state index contributed by atoms with van der Waals surface area (Å²) in [6.07, 6.45) is 0. The van der Waals surface area contributed by atoms with Gasteiger partial charge in [0.05, 0.1) is 17.1 Å². The summed E-state index contributed by atoms with van der Waals surface area (Å²) in [5, 5.41) is 2.50. The number of nitrogens with one attached hydrogen (secondary N) is 2. The van der Waals surface area contributed by atoms with E-state index in [1.807, 2.05) is 72.8 Å². The molecule has 6 heteroatoms. The third-order valence-electron chi connectivity index (χ3n) is 5.46. The number of carbonyl (C=O) groups is 1. The highest BCUT2D eigenvalue weighted by Gasteiger charge is 2.15. The summed E-state index contributed by atoms with van der Waals surface area (Å²) >= 11 is 0. The van der Waals surface area contributed by atoms with E-state index < -0.39 is 11.7 Å². The molecule has 0 saturated heterocycles. The topological polar surface area (TPSA) is 67.0 Å². The largest absolute Gasteiger partial charge is 0.484 e. The van der Waals surface area contributed by atoms with Crippen LogP contribution in [0.25, 0.3) is 33.9 Å². The first-order chi connectivity index (χ1) is 17.2. The van der Waals surface area contributed by atoms with Gasteiger partial charge < -0.3 is 15.0 Å². The maximum Gasteiger partial charge on any atom is 0.262 e. The van der Waals surface area contributed by atoms with Gasteiger partial charge in [-0.2, -0.15) is 0 Å². The minimum Gasteiger partial charge on any atom is -0.484 e. The highest BCUT2D eigenvalue weighted by Crippen LogP contribution is 2.33. The number of para-hydroxylation sites is 1. The minimum absolute atomic E-state index is 0.123. The fourth-order valence-electron chi connectivity index (χ4n) is 3.74. The van der Waals surface area contributed by atoms with Crippen molar-refractivity contribution in [2.45, 2.75) is 0 Å². The fraction of sp³-hybridized carbons (Fsp3) is 0.0345. The molecule has 5 aromatic rings. The normalized spacial score (nSPS) is 10.7. The molecule has 35 heavy (non-hydrogen) atoms. The van der Waals surface area contributed by atoms with Crippen molar-refractivity contribution in [3.63, 3.8) is 0 Å². The first-order valence-corrected chi connectivity index (χ1v) is 11.2. The second-order valence-corrected chi connectivity index (χ2v) is 7.88. The van der Waals surface area contributed by atoms with Crippen molar-refractivity contribution in [1.82, 2.24) is 9.97 Å². The molecule has 4 aromatic carbocycles. The summed E-state index contributed by atoms with van der Waals surface area (Å²) in [6.45, 7) is -0.231. The van der Waals surface area contributed by atoms with Crippen molar-refractivity contribution in [1.29, 1.82) is 0 Å². The van der Waals surface area contributed by atoms with Gasteiger partial charge in [-0.15, -0.1) is 0 Å². The van der Waals surface area contributed by atoms with Gasteiger partial charge in [0.15, 0.2) is 6.61 Å². The molecule has 0 radical (unpaired) electrons. The number of hydrogen-bond donors (Lipinski definition) is 2. The number of halogens is 1. The maximum atomic E-state index is 13.7. The summed E-state index contributed by atoms with van der Waals surface area (Å²) < 4.78 is 19.3. The Kier molecular flexibility index (Phi) is 6.35. The lowest BCUT2D eigenvalue weighted by molar-refractivity contribution is -0.118. The van der Waals surface area contributed by atoms with E-state index in [1.54, 1.807) is 24.3 Å². The lowest BCUT2D eigenvalue weighted by Gasteiger charge is -2.08. The molecule has 0 spiro atoms. The maximum absolute atomic E-state index is 13.7. The third-order valence-corrected chi connectivity index (χ3v) is 5.46. The Bertz CT molecular complexity index is 1380. The molecule has 0 aliphatic carbocycles. The number of nitrogens with zero attached hydrogens (tertiary/aromatic N) is 1. The van der Waals surface area contributed by atoms with E-state index in [1.165, 1.54) is 12.1 Å². The zero-order chi connectivity index (χ0) is 24.0. The van der Waals surface area contributed by atoms with Gasteiger partial charge in [0.1, 0.15) is 17.4 Å². The van der Waals surface area contributed by atoms with Crippen LogP contribution in [0.4, 0.5) is 10.1 Å². The van der Waals surface area contributed by atoms with E-state index in [9.17, 15) is 9.18 Å². The summed E-state index contributed by atoms with van der Waals surface area (Å²) in [5.41, 5.74) is 4.89. The quantitative estimate of drug-likeness (QED) is 0.287. The first kappa shape index (κ1) is 22.1. The van der Waals surface area contributed by atoms with Gasteiger partial charge in [-0.3, -0.25) is 4.79 Å². The lowest BCUT2D eigenvalue weighted by Crippen LogP contribution is -2.20. The van der Waals surface area contributed by atoms with Gasteiger partial charge in [0, 0.05) is 16.7 Å². The molecule has 0 aliphatic heterocycles. The molecule has 0 atom stereocenters. The van der Waals surface area contributed by atoms with Crippen LogP contribution in [0.15, 0.2) is 109 Å². The molecule has 5 rings (SSSR count). The van der Waals surface area contributed by atoms with Gasteiger partial charge in [-0.1, -0.05) is 72.8 Å². The second kappa shape index (κ2) is 10.1. The molecular formula is C29H22FN3O2. The van der Waals surface area contributed by atoms with E-state index in [0.29, 0.717) is 5.75 Å². The number of imidazole rings is 1. The van der Waals surface area contributed by atoms with Gasteiger partial charge >= 0.3 is 0 Å². The summed E-state index contributed by atoms with van der Waals surface area (Å²) in [7, 11) is 0. The van der Waals surface area contributed by atoms with Crippen LogP contribution in [-0.2, 0) is 4.79 Å². The number of rotatable bonds is 7. The van der Waals surface area contributed by atoms with E-state index in [4.69, 9.17) is 9.72 Å². The molecule has 0 unspecified atom stereocenters. The van der Waals surface area contributed by atoms with Gasteiger partial charge in [0.2, 0.25) is 0 Å². The van der Waals surface area contributed by atoms with Crippen LogP contribution < -0.4 is 10.1 Å². The van der Waals surface area contributed by atoms with E-state index in [2.05, 4.69) is 10.3 Å². The van der Waals surface area contributed by atoms with Crippen LogP contribution in [0.2, 0.25) is 0 Å². The molecular weight excluding hydrogens is 441 g/mol. The molecule has 1 amide bonds. The number of anilines is 1. The van der Waals surface area contributed by atoms with Gasteiger partial charge in [0.25, 0.3) is 5.91 Å². The van der Waals surface area contributed by atoms with Crippen LogP contribution in [0, 0.1) is 5.82 Å². The molecule has 0 aliphatic rings.